The minimum atomic E-state index is -0.302. The molecular formula is C16H16N4O3. The van der Waals surface area contributed by atoms with E-state index in [0.717, 1.165) is 5.69 Å². The zero-order chi connectivity index (χ0) is 16.4. The number of benzene rings is 1. The molecular weight excluding hydrogens is 296 g/mol. The summed E-state index contributed by atoms with van der Waals surface area (Å²) in [5.41, 5.74) is 2.35. The molecule has 0 aliphatic heterocycles. The highest BCUT2D eigenvalue weighted by Crippen LogP contribution is 2.29. The third-order valence-corrected chi connectivity index (χ3v) is 3.37. The first-order valence-electron chi connectivity index (χ1n) is 6.97. The van der Waals surface area contributed by atoms with Gasteiger partial charge in [-0.2, -0.15) is 5.10 Å². The standard InChI is InChI=1S/C16H16N4O3/c1-10-8-15-17-7-6-13(20(15)19-10)16(21)18-12-5-4-11(22-2)9-14(12)23-3/h4-9H,1-3H3,(H,18,21). The Bertz CT molecular complexity index is 873. The van der Waals surface area contributed by atoms with Crippen LogP contribution in [-0.2, 0) is 0 Å². The lowest BCUT2D eigenvalue weighted by atomic mass is 10.2. The van der Waals surface area contributed by atoms with Gasteiger partial charge in [0.25, 0.3) is 5.91 Å². The molecule has 0 spiro atoms. The van der Waals surface area contributed by atoms with E-state index in [1.54, 1.807) is 37.6 Å². The van der Waals surface area contributed by atoms with Gasteiger partial charge < -0.3 is 14.8 Å². The molecule has 0 radical (unpaired) electrons. The second-order valence-corrected chi connectivity index (χ2v) is 4.91. The van der Waals surface area contributed by atoms with Crippen LogP contribution in [0.1, 0.15) is 16.2 Å². The number of methoxy groups -OCH3 is 2. The molecule has 0 atom stereocenters. The minimum Gasteiger partial charge on any atom is -0.497 e. The monoisotopic (exact) mass is 312 g/mol. The Kier molecular flexibility index (Phi) is 3.84. The number of ether oxygens (including phenoxy) is 2. The maximum absolute atomic E-state index is 12.6. The first-order chi connectivity index (χ1) is 11.1. The van der Waals surface area contributed by atoms with Crippen LogP contribution in [-0.4, -0.2) is 34.7 Å². The van der Waals surface area contributed by atoms with Crippen molar-refractivity contribution in [2.45, 2.75) is 6.92 Å². The van der Waals surface area contributed by atoms with Gasteiger partial charge in [0.15, 0.2) is 5.65 Å². The van der Waals surface area contributed by atoms with Gasteiger partial charge >= 0.3 is 0 Å². The van der Waals surface area contributed by atoms with E-state index in [9.17, 15) is 4.79 Å². The number of rotatable bonds is 4. The summed E-state index contributed by atoms with van der Waals surface area (Å²) in [4.78, 5) is 16.8. The van der Waals surface area contributed by atoms with E-state index in [1.807, 2.05) is 13.0 Å². The molecule has 0 aliphatic rings. The summed E-state index contributed by atoms with van der Waals surface area (Å²) in [6.45, 7) is 1.85. The van der Waals surface area contributed by atoms with Gasteiger partial charge in [0, 0.05) is 18.3 Å². The summed E-state index contributed by atoms with van der Waals surface area (Å²) in [5.74, 6) is 0.859. The van der Waals surface area contributed by atoms with Crippen molar-refractivity contribution in [3.05, 3.63) is 47.9 Å². The number of aromatic nitrogens is 3. The van der Waals surface area contributed by atoms with Crippen LogP contribution >= 0.6 is 0 Å². The Hall–Kier alpha value is -3.09. The molecule has 0 aliphatic carbocycles. The Morgan fingerprint density at radius 2 is 2.00 bits per heavy atom. The number of nitrogens with zero attached hydrogens (tertiary/aromatic N) is 3. The van der Waals surface area contributed by atoms with Crippen molar-refractivity contribution in [2.75, 3.05) is 19.5 Å². The van der Waals surface area contributed by atoms with Crippen molar-refractivity contribution in [3.63, 3.8) is 0 Å². The SMILES string of the molecule is COc1ccc(NC(=O)c2ccnc3cc(C)nn23)c(OC)c1. The predicted molar refractivity (Wildman–Crippen MR) is 85.2 cm³/mol. The Labute approximate surface area is 132 Å². The third kappa shape index (κ3) is 2.80. The second kappa shape index (κ2) is 5.96. The van der Waals surface area contributed by atoms with Crippen LogP contribution in [0.5, 0.6) is 11.5 Å². The smallest absolute Gasteiger partial charge is 0.274 e. The van der Waals surface area contributed by atoms with E-state index >= 15 is 0 Å². The molecule has 2 heterocycles. The van der Waals surface area contributed by atoms with Crippen LogP contribution in [0.3, 0.4) is 0 Å². The number of aryl methyl sites for hydroxylation is 1. The largest absolute Gasteiger partial charge is 0.497 e. The molecule has 3 rings (SSSR count). The van der Waals surface area contributed by atoms with Crippen LogP contribution in [0.4, 0.5) is 5.69 Å². The number of nitrogens with one attached hydrogen (secondary N) is 1. The number of fused-ring (bicyclic) bond motifs is 1. The summed E-state index contributed by atoms with van der Waals surface area (Å²) in [5, 5.41) is 7.11. The lowest BCUT2D eigenvalue weighted by Crippen LogP contribution is -2.17. The predicted octanol–water partition coefficient (Wildman–Crippen LogP) is 2.31. The van der Waals surface area contributed by atoms with Crippen LogP contribution in [0.15, 0.2) is 36.5 Å². The fourth-order valence-electron chi connectivity index (χ4n) is 2.27. The maximum atomic E-state index is 12.6. The molecule has 0 saturated carbocycles. The van der Waals surface area contributed by atoms with Crippen LogP contribution in [0, 0.1) is 6.92 Å². The van der Waals surface area contributed by atoms with Gasteiger partial charge in [-0.3, -0.25) is 4.79 Å². The lowest BCUT2D eigenvalue weighted by Gasteiger charge is -2.12. The average molecular weight is 312 g/mol. The first-order valence-corrected chi connectivity index (χ1v) is 6.97. The Morgan fingerprint density at radius 3 is 2.74 bits per heavy atom. The molecule has 7 heteroatoms. The maximum Gasteiger partial charge on any atom is 0.274 e. The van der Waals surface area contributed by atoms with E-state index in [-0.39, 0.29) is 5.91 Å². The molecule has 7 nitrogen and oxygen atoms in total. The highest BCUT2D eigenvalue weighted by atomic mass is 16.5. The first kappa shape index (κ1) is 14.8. The third-order valence-electron chi connectivity index (χ3n) is 3.37. The highest BCUT2D eigenvalue weighted by molar-refractivity contribution is 6.04. The van der Waals surface area contributed by atoms with E-state index in [2.05, 4.69) is 15.4 Å². The van der Waals surface area contributed by atoms with Gasteiger partial charge in [-0.25, -0.2) is 9.50 Å². The van der Waals surface area contributed by atoms with Crippen molar-refractivity contribution in [2.24, 2.45) is 0 Å². The second-order valence-electron chi connectivity index (χ2n) is 4.91. The molecule has 1 N–H and O–H groups in total. The van der Waals surface area contributed by atoms with E-state index in [1.165, 1.54) is 11.6 Å². The lowest BCUT2D eigenvalue weighted by molar-refractivity contribution is 0.101. The summed E-state index contributed by atoms with van der Waals surface area (Å²) < 4.78 is 11.9. The summed E-state index contributed by atoms with van der Waals surface area (Å²) in [7, 11) is 3.10. The van der Waals surface area contributed by atoms with Gasteiger partial charge in [0.2, 0.25) is 0 Å². The number of carbonyl (C=O) groups excluding carboxylic acids is 1. The van der Waals surface area contributed by atoms with Crippen molar-refractivity contribution in [3.8, 4) is 11.5 Å². The number of amides is 1. The number of anilines is 1. The number of hydrogen-bond acceptors (Lipinski definition) is 5. The summed E-state index contributed by atoms with van der Waals surface area (Å²) in [6, 6.07) is 8.60. The fraction of sp³-hybridized carbons (Fsp3) is 0.188. The van der Waals surface area contributed by atoms with Crippen molar-refractivity contribution in [1.29, 1.82) is 0 Å². The molecule has 0 fully saturated rings. The number of hydrogen-bond donors (Lipinski definition) is 1. The zero-order valence-electron chi connectivity index (χ0n) is 13.0. The van der Waals surface area contributed by atoms with Crippen LogP contribution < -0.4 is 14.8 Å². The quantitative estimate of drug-likeness (QED) is 0.800. The molecule has 2 aromatic heterocycles. The molecule has 118 valence electrons. The molecule has 3 aromatic rings. The fourth-order valence-corrected chi connectivity index (χ4v) is 2.27. The molecule has 0 bridgehead atoms. The molecule has 1 aromatic carbocycles. The van der Waals surface area contributed by atoms with Crippen molar-refractivity contribution >= 4 is 17.2 Å². The molecule has 0 unspecified atom stereocenters. The van der Waals surface area contributed by atoms with Gasteiger partial charge in [0.1, 0.15) is 17.2 Å². The summed E-state index contributed by atoms with van der Waals surface area (Å²) in [6.07, 6.45) is 1.58. The molecule has 1 amide bonds. The highest BCUT2D eigenvalue weighted by Gasteiger charge is 2.15. The Morgan fingerprint density at radius 1 is 1.17 bits per heavy atom. The van der Waals surface area contributed by atoms with Crippen LogP contribution in [0.25, 0.3) is 5.65 Å². The van der Waals surface area contributed by atoms with Gasteiger partial charge in [-0.1, -0.05) is 0 Å². The summed E-state index contributed by atoms with van der Waals surface area (Å²) >= 11 is 0. The van der Waals surface area contributed by atoms with E-state index in [4.69, 9.17) is 9.47 Å². The normalized spacial score (nSPS) is 10.6. The van der Waals surface area contributed by atoms with Gasteiger partial charge in [-0.15, -0.1) is 0 Å². The van der Waals surface area contributed by atoms with E-state index < -0.39 is 0 Å². The average Bonchev–Trinajstić information content (AvgIpc) is 2.95. The minimum absolute atomic E-state index is 0.302. The zero-order valence-corrected chi connectivity index (χ0v) is 13.0. The van der Waals surface area contributed by atoms with Crippen LogP contribution in [0.2, 0.25) is 0 Å². The van der Waals surface area contributed by atoms with Gasteiger partial charge in [0.05, 0.1) is 25.6 Å². The Balaban J connectivity index is 1.95. The topological polar surface area (TPSA) is 77.8 Å². The van der Waals surface area contributed by atoms with E-state index in [0.29, 0.717) is 28.5 Å². The van der Waals surface area contributed by atoms with Gasteiger partial charge in [-0.05, 0) is 25.1 Å². The molecule has 0 saturated heterocycles. The number of carbonyl (C=O) groups is 1. The molecule has 23 heavy (non-hydrogen) atoms. The van der Waals surface area contributed by atoms with Crippen molar-refractivity contribution < 1.29 is 14.3 Å². The van der Waals surface area contributed by atoms with Crippen molar-refractivity contribution in [1.82, 2.24) is 14.6 Å².